The number of methoxy groups -OCH3 is 1. The first-order valence-corrected chi connectivity index (χ1v) is 7.81. The van der Waals surface area contributed by atoms with E-state index in [0.717, 1.165) is 42.6 Å². The van der Waals surface area contributed by atoms with Crippen LogP contribution in [0.1, 0.15) is 40.2 Å². The molecule has 0 unspecified atom stereocenters. The van der Waals surface area contributed by atoms with Crippen molar-refractivity contribution in [3.8, 4) is 0 Å². The molecule has 0 aliphatic heterocycles. The van der Waals surface area contributed by atoms with Crippen molar-refractivity contribution in [3.05, 3.63) is 52.8 Å². The highest BCUT2D eigenvalue weighted by atomic mass is 16.5. The Morgan fingerprint density at radius 3 is 2.52 bits per heavy atom. The van der Waals surface area contributed by atoms with Crippen molar-refractivity contribution in [1.29, 1.82) is 0 Å². The number of para-hydroxylation sites is 1. The number of anilines is 1. The van der Waals surface area contributed by atoms with Gasteiger partial charge in [0.25, 0.3) is 0 Å². The third-order valence-corrected chi connectivity index (χ3v) is 4.33. The van der Waals surface area contributed by atoms with Crippen LogP contribution < -0.4 is 5.32 Å². The Morgan fingerprint density at radius 2 is 1.83 bits per heavy atom. The lowest BCUT2D eigenvalue weighted by Gasteiger charge is -2.16. The van der Waals surface area contributed by atoms with Gasteiger partial charge < -0.3 is 10.1 Å². The van der Waals surface area contributed by atoms with Crippen molar-refractivity contribution in [2.24, 2.45) is 0 Å². The molecule has 0 saturated heterocycles. The summed E-state index contributed by atoms with van der Waals surface area (Å²) in [6.45, 7) is 1.80. The minimum atomic E-state index is -0.369. The highest BCUT2D eigenvalue weighted by Crippen LogP contribution is 2.30. The molecule has 0 spiro atoms. The van der Waals surface area contributed by atoms with Crippen LogP contribution in [0.3, 0.4) is 0 Å². The normalized spacial score (nSPS) is 13.3. The van der Waals surface area contributed by atoms with Gasteiger partial charge in [-0.15, -0.1) is 0 Å². The molecule has 0 bridgehead atoms. The number of nitrogens with one attached hydrogen (secondary N) is 1. The summed E-state index contributed by atoms with van der Waals surface area (Å²) in [7, 11) is 1.37. The van der Waals surface area contributed by atoms with Gasteiger partial charge in [0.1, 0.15) is 0 Å². The number of fused-ring (bicyclic) bond motifs is 1. The van der Waals surface area contributed by atoms with Gasteiger partial charge in [0.15, 0.2) is 0 Å². The summed E-state index contributed by atoms with van der Waals surface area (Å²) in [6, 6.07) is 9.07. The fraction of sp³-hybridized carbons (Fsp3) is 0.333. The molecule has 0 atom stereocenters. The van der Waals surface area contributed by atoms with Gasteiger partial charge in [-0.25, -0.2) is 9.59 Å². The maximum Gasteiger partial charge on any atom is 0.339 e. The molecule has 1 heterocycles. The molecule has 5 nitrogen and oxygen atoms in total. The second kappa shape index (κ2) is 6.28. The first-order valence-electron chi connectivity index (χ1n) is 7.81. The van der Waals surface area contributed by atoms with Crippen molar-refractivity contribution >= 4 is 17.7 Å². The first-order chi connectivity index (χ1) is 11.1. The molecule has 120 valence electrons. The topological polar surface area (TPSA) is 60.3 Å². The lowest BCUT2D eigenvalue weighted by atomic mass is 9.94. The van der Waals surface area contributed by atoms with Crippen molar-refractivity contribution in [2.45, 2.75) is 32.6 Å². The molecule has 0 saturated carbocycles. The van der Waals surface area contributed by atoms with E-state index >= 15 is 0 Å². The van der Waals surface area contributed by atoms with Gasteiger partial charge >= 0.3 is 12.0 Å². The lowest BCUT2D eigenvalue weighted by Crippen LogP contribution is -2.23. The minimum absolute atomic E-state index is 0.234. The van der Waals surface area contributed by atoms with E-state index in [1.165, 1.54) is 7.11 Å². The zero-order chi connectivity index (χ0) is 16.4. The van der Waals surface area contributed by atoms with Gasteiger partial charge in [-0.3, -0.25) is 4.57 Å². The Hall–Kier alpha value is -2.56. The fourth-order valence-corrected chi connectivity index (χ4v) is 3.29. The summed E-state index contributed by atoms with van der Waals surface area (Å²) >= 11 is 0. The first kappa shape index (κ1) is 15.3. The zero-order valence-corrected chi connectivity index (χ0v) is 13.4. The van der Waals surface area contributed by atoms with E-state index in [2.05, 4.69) is 5.32 Å². The molecule has 1 amide bonds. The standard InChI is InChI=1S/C18H20N2O3/c1-12-16(17(21)23-2)14-10-6-7-11-15(14)20(12)18(22)19-13-8-4-3-5-9-13/h3-5,8-9H,6-7,10-11H2,1-2H3,(H,19,22). The Bertz CT molecular complexity index is 747. The van der Waals surface area contributed by atoms with Crippen LogP contribution in [0.5, 0.6) is 0 Å². The maximum absolute atomic E-state index is 12.7. The monoisotopic (exact) mass is 312 g/mol. The van der Waals surface area contributed by atoms with Gasteiger partial charge in [0, 0.05) is 17.1 Å². The minimum Gasteiger partial charge on any atom is -0.465 e. The van der Waals surface area contributed by atoms with Crippen LogP contribution in [-0.4, -0.2) is 23.7 Å². The smallest absolute Gasteiger partial charge is 0.339 e. The fourth-order valence-electron chi connectivity index (χ4n) is 3.29. The van der Waals surface area contributed by atoms with E-state index in [9.17, 15) is 9.59 Å². The van der Waals surface area contributed by atoms with Gasteiger partial charge in [-0.1, -0.05) is 18.2 Å². The molecular formula is C18H20N2O3. The molecule has 2 aromatic rings. The summed E-state index contributed by atoms with van der Waals surface area (Å²) in [5.74, 6) is -0.369. The summed E-state index contributed by atoms with van der Waals surface area (Å²) in [5, 5.41) is 2.89. The van der Waals surface area contributed by atoms with Crippen LogP contribution in [0.15, 0.2) is 30.3 Å². The zero-order valence-electron chi connectivity index (χ0n) is 13.4. The number of amides is 1. The van der Waals surface area contributed by atoms with Crippen LogP contribution in [0.25, 0.3) is 0 Å². The van der Waals surface area contributed by atoms with Gasteiger partial charge in [0.05, 0.1) is 12.7 Å². The van der Waals surface area contributed by atoms with E-state index in [4.69, 9.17) is 4.74 Å². The quantitative estimate of drug-likeness (QED) is 0.863. The summed E-state index contributed by atoms with van der Waals surface area (Å²) in [6.07, 6.45) is 3.66. The number of esters is 1. The van der Waals surface area contributed by atoms with Crippen LogP contribution in [0, 0.1) is 6.92 Å². The lowest BCUT2D eigenvalue weighted by molar-refractivity contribution is 0.0598. The Kier molecular flexibility index (Phi) is 4.19. The van der Waals surface area contributed by atoms with Crippen LogP contribution in [-0.2, 0) is 17.6 Å². The molecule has 1 aromatic carbocycles. The number of benzene rings is 1. The number of rotatable bonds is 2. The van der Waals surface area contributed by atoms with E-state index in [1.807, 2.05) is 30.3 Å². The highest BCUT2D eigenvalue weighted by molar-refractivity contribution is 5.98. The number of carbonyl (C=O) groups excluding carboxylic acids is 2. The molecule has 1 N–H and O–H groups in total. The van der Waals surface area contributed by atoms with E-state index in [-0.39, 0.29) is 12.0 Å². The largest absolute Gasteiger partial charge is 0.465 e. The van der Waals surface area contributed by atoms with Crippen LogP contribution in [0.4, 0.5) is 10.5 Å². The maximum atomic E-state index is 12.7. The average molecular weight is 312 g/mol. The number of nitrogens with zero attached hydrogens (tertiary/aromatic N) is 1. The number of carbonyl (C=O) groups is 2. The number of hydrogen-bond donors (Lipinski definition) is 1. The third kappa shape index (κ3) is 2.74. The predicted octanol–water partition coefficient (Wildman–Crippen LogP) is 3.54. The average Bonchev–Trinajstić information content (AvgIpc) is 2.87. The molecule has 1 aliphatic rings. The third-order valence-electron chi connectivity index (χ3n) is 4.33. The van der Waals surface area contributed by atoms with Crippen molar-refractivity contribution in [2.75, 3.05) is 12.4 Å². The highest BCUT2D eigenvalue weighted by Gasteiger charge is 2.29. The molecule has 3 rings (SSSR count). The van der Waals surface area contributed by atoms with Crippen molar-refractivity contribution in [1.82, 2.24) is 4.57 Å². The van der Waals surface area contributed by atoms with E-state index in [1.54, 1.807) is 11.5 Å². The van der Waals surface area contributed by atoms with Crippen LogP contribution >= 0.6 is 0 Å². The van der Waals surface area contributed by atoms with Gasteiger partial charge in [-0.2, -0.15) is 0 Å². The number of hydrogen-bond acceptors (Lipinski definition) is 3. The van der Waals surface area contributed by atoms with E-state index in [0.29, 0.717) is 11.3 Å². The summed E-state index contributed by atoms with van der Waals surface area (Å²) in [5.41, 5.74) is 3.82. The van der Waals surface area contributed by atoms with Crippen molar-refractivity contribution in [3.63, 3.8) is 0 Å². The summed E-state index contributed by atoms with van der Waals surface area (Å²) < 4.78 is 6.54. The SMILES string of the molecule is COC(=O)c1c2c(n(C(=O)Nc3ccccc3)c1C)CCCC2. The predicted molar refractivity (Wildman–Crippen MR) is 88.0 cm³/mol. The second-order valence-corrected chi connectivity index (χ2v) is 5.72. The molecule has 5 heteroatoms. The molecular weight excluding hydrogens is 292 g/mol. The van der Waals surface area contributed by atoms with Gasteiger partial charge in [-0.05, 0) is 50.3 Å². The molecule has 0 fully saturated rings. The van der Waals surface area contributed by atoms with Crippen LogP contribution in [0.2, 0.25) is 0 Å². The molecule has 1 aromatic heterocycles. The Morgan fingerprint density at radius 1 is 1.13 bits per heavy atom. The Labute approximate surface area is 135 Å². The van der Waals surface area contributed by atoms with E-state index < -0.39 is 0 Å². The molecule has 0 radical (unpaired) electrons. The molecule has 1 aliphatic carbocycles. The van der Waals surface area contributed by atoms with Gasteiger partial charge in [0.2, 0.25) is 0 Å². The number of ether oxygens (including phenoxy) is 1. The molecule has 23 heavy (non-hydrogen) atoms. The van der Waals surface area contributed by atoms with Crippen molar-refractivity contribution < 1.29 is 14.3 Å². The Balaban J connectivity index is 2.03. The second-order valence-electron chi connectivity index (χ2n) is 5.72. The number of aromatic nitrogens is 1. The summed E-state index contributed by atoms with van der Waals surface area (Å²) in [4.78, 5) is 24.9.